The van der Waals surface area contributed by atoms with Crippen molar-refractivity contribution in [3.63, 3.8) is 0 Å². The molecule has 0 radical (unpaired) electrons. The molecule has 1 saturated heterocycles. The average Bonchev–Trinajstić information content (AvgIpc) is 2.61. The van der Waals surface area contributed by atoms with Crippen LogP contribution in [0.2, 0.25) is 0 Å². The molecule has 1 saturated carbocycles. The van der Waals surface area contributed by atoms with Gasteiger partial charge in [0.25, 0.3) is 0 Å². The molecule has 1 aliphatic carbocycles. The van der Waals surface area contributed by atoms with Crippen molar-refractivity contribution in [1.82, 2.24) is 10.2 Å². The minimum Gasteiger partial charge on any atom is -0.349 e. The first-order valence-corrected chi connectivity index (χ1v) is 9.23. The van der Waals surface area contributed by atoms with Crippen LogP contribution in [-0.4, -0.2) is 29.8 Å². The Bertz CT molecular complexity index is 572. The number of hydrogen-bond acceptors (Lipinski definition) is 2. The molecule has 3 atom stereocenters. The summed E-state index contributed by atoms with van der Waals surface area (Å²) >= 11 is 0. The van der Waals surface area contributed by atoms with E-state index in [1.165, 1.54) is 32.6 Å². The molecule has 2 fully saturated rings. The lowest BCUT2D eigenvalue weighted by Crippen LogP contribution is -2.45. The topological polar surface area (TPSA) is 49.4 Å². The van der Waals surface area contributed by atoms with Crippen LogP contribution in [-0.2, 0) is 9.59 Å². The van der Waals surface area contributed by atoms with E-state index >= 15 is 0 Å². The molecule has 1 aliphatic heterocycles. The Morgan fingerprint density at radius 1 is 1.12 bits per heavy atom. The highest BCUT2D eigenvalue weighted by atomic mass is 16.2. The van der Waals surface area contributed by atoms with Crippen molar-refractivity contribution in [3.05, 3.63) is 35.9 Å². The van der Waals surface area contributed by atoms with E-state index in [0.717, 1.165) is 31.0 Å². The Morgan fingerprint density at radius 3 is 2.54 bits per heavy atom. The van der Waals surface area contributed by atoms with Gasteiger partial charge in [0.1, 0.15) is 0 Å². The van der Waals surface area contributed by atoms with Crippen LogP contribution in [0.5, 0.6) is 0 Å². The van der Waals surface area contributed by atoms with Crippen LogP contribution < -0.4 is 5.32 Å². The average molecular weight is 328 g/mol. The van der Waals surface area contributed by atoms with Gasteiger partial charge in [-0.3, -0.25) is 9.59 Å². The van der Waals surface area contributed by atoms with Crippen LogP contribution in [0.1, 0.15) is 57.1 Å². The molecule has 0 bridgehead atoms. The van der Waals surface area contributed by atoms with Crippen molar-refractivity contribution in [2.24, 2.45) is 11.8 Å². The van der Waals surface area contributed by atoms with Gasteiger partial charge in [-0.25, -0.2) is 0 Å². The summed E-state index contributed by atoms with van der Waals surface area (Å²) in [6.07, 6.45) is 6.76. The maximum Gasteiger partial charge on any atom is 0.224 e. The molecule has 4 nitrogen and oxygen atoms in total. The number of fused-ring (bicyclic) bond motifs is 1. The third-order valence-electron chi connectivity index (χ3n) is 5.60. The number of benzene rings is 1. The van der Waals surface area contributed by atoms with E-state index in [-0.39, 0.29) is 17.9 Å². The lowest BCUT2D eigenvalue weighted by molar-refractivity contribution is -0.135. The summed E-state index contributed by atoms with van der Waals surface area (Å²) < 4.78 is 0. The predicted octanol–water partition coefficient (Wildman–Crippen LogP) is 3.29. The van der Waals surface area contributed by atoms with E-state index < -0.39 is 0 Å². The van der Waals surface area contributed by atoms with Gasteiger partial charge in [0.15, 0.2) is 0 Å². The third kappa shape index (κ3) is 4.16. The molecule has 130 valence electrons. The zero-order valence-corrected chi connectivity index (χ0v) is 14.5. The van der Waals surface area contributed by atoms with Crippen LogP contribution in [0.25, 0.3) is 0 Å². The maximum absolute atomic E-state index is 12.8. The molecule has 0 unspecified atom stereocenters. The SMILES string of the molecule is CC(=O)N[C@@H](CC(=O)N1CC[C@@H]2CCCC[C@@H]2C1)c1ccccc1. The van der Waals surface area contributed by atoms with Crippen LogP contribution in [0, 0.1) is 11.8 Å². The van der Waals surface area contributed by atoms with E-state index in [1.807, 2.05) is 35.2 Å². The summed E-state index contributed by atoms with van der Waals surface area (Å²) in [7, 11) is 0. The van der Waals surface area contributed by atoms with E-state index in [9.17, 15) is 9.59 Å². The number of carbonyl (C=O) groups is 2. The highest BCUT2D eigenvalue weighted by molar-refractivity contribution is 5.79. The summed E-state index contributed by atoms with van der Waals surface area (Å²) in [5, 5.41) is 2.94. The molecule has 2 amide bonds. The van der Waals surface area contributed by atoms with E-state index in [0.29, 0.717) is 12.3 Å². The molecule has 3 rings (SSSR count). The monoisotopic (exact) mass is 328 g/mol. The highest BCUT2D eigenvalue weighted by Gasteiger charge is 2.33. The van der Waals surface area contributed by atoms with Gasteiger partial charge in [-0.2, -0.15) is 0 Å². The second kappa shape index (κ2) is 7.82. The minimum atomic E-state index is -0.236. The largest absolute Gasteiger partial charge is 0.349 e. The van der Waals surface area contributed by atoms with Crippen molar-refractivity contribution >= 4 is 11.8 Å². The van der Waals surface area contributed by atoms with E-state index in [1.54, 1.807) is 0 Å². The van der Waals surface area contributed by atoms with Gasteiger partial charge in [-0.05, 0) is 30.2 Å². The first-order valence-electron chi connectivity index (χ1n) is 9.23. The fraction of sp³-hybridized carbons (Fsp3) is 0.600. The second-order valence-electron chi connectivity index (χ2n) is 7.30. The first-order chi connectivity index (χ1) is 11.6. The molecule has 2 aliphatic rings. The molecule has 1 heterocycles. The minimum absolute atomic E-state index is 0.0948. The smallest absolute Gasteiger partial charge is 0.224 e. The Morgan fingerprint density at radius 2 is 1.83 bits per heavy atom. The lowest BCUT2D eigenvalue weighted by atomic mass is 9.75. The zero-order valence-electron chi connectivity index (χ0n) is 14.5. The number of likely N-dealkylation sites (tertiary alicyclic amines) is 1. The quantitative estimate of drug-likeness (QED) is 0.922. The molecule has 1 aromatic rings. The highest BCUT2D eigenvalue weighted by Crippen LogP contribution is 2.36. The number of hydrogen-bond donors (Lipinski definition) is 1. The van der Waals surface area contributed by atoms with Crippen molar-refractivity contribution < 1.29 is 9.59 Å². The van der Waals surface area contributed by atoms with E-state index in [4.69, 9.17) is 0 Å². The van der Waals surface area contributed by atoms with E-state index in [2.05, 4.69) is 5.32 Å². The van der Waals surface area contributed by atoms with Gasteiger partial charge < -0.3 is 10.2 Å². The Labute approximate surface area is 144 Å². The number of carbonyl (C=O) groups excluding carboxylic acids is 2. The summed E-state index contributed by atoms with van der Waals surface area (Å²) in [6, 6.07) is 9.55. The molecule has 0 spiro atoms. The van der Waals surface area contributed by atoms with Crippen molar-refractivity contribution in [1.29, 1.82) is 0 Å². The van der Waals surface area contributed by atoms with Gasteiger partial charge in [-0.1, -0.05) is 49.6 Å². The molecular formula is C20H28N2O2. The summed E-state index contributed by atoms with van der Waals surface area (Å²) in [6.45, 7) is 3.29. The standard InChI is InChI=1S/C20H28N2O2/c1-15(23)21-19(17-8-3-2-4-9-17)13-20(24)22-12-11-16-7-5-6-10-18(16)14-22/h2-4,8-9,16,18-19H,5-7,10-14H2,1H3,(H,21,23)/t16-,18+,19-/m0/s1. The number of nitrogens with one attached hydrogen (secondary N) is 1. The maximum atomic E-state index is 12.8. The van der Waals surface area contributed by atoms with Gasteiger partial charge in [0.2, 0.25) is 11.8 Å². The molecule has 1 N–H and O–H groups in total. The summed E-state index contributed by atoms with van der Waals surface area (Å²) in [5.74, 6) is 1.58. The van der Waals surface area contributed by atoms with Crippen LogP contribution in [0.15, 0.2) is 30.3 Å². The number of piperidine rings is 1. The molecule has 24 heavy (non-hydrogen) atoms. The van der Waals surface area contributed by atoms with Crippen molar-refractivity contribution in [2.45, 2.75) is 51.5 Å². The van der Waals surface area contributed by atoms with Gasteiger partial charge >= 0.3 is 0 Å². The summed E-state index contributed by atoms with van der Waals surface area (Å²) in [4.78, 5) is 26.4. The Kier molecular flexibility index (Phi) is 5.54. The van der Waals surface area contributed by atoms with Crippen LogP contribution >= 0.6 is 0 Å². The molecule has 4 heteroatoms. The van der Waals surface area contributed by atoms with Gasteiger partial charge in [-0.15, -0.1) is 0 Å². The van der Waals surface area contributed by atoms with Gasteiger partial charge in [0.05, 0.1) is 12.5 Å². The first kappa shape index (κ1) is 17.0. The summed E-state index contributed by atoms with van der Waals surface area (Å²) in [5.41, 5.74) is 0.994. The van der Waals surface area contributed by atoms with Crippen LogP contribution in [0.3, 0.4) is 0 Å². The zero-order chi connectivity index (χ0) is 16.9. The molecule has 0 aromatic heterocycles. The molecule has 1 aromatic carbocycles. The van der Waals surface area contributed by atoms with Crippen molar-refractivity contribution in [2.75, 3.05) is 13.1 Å². The number of rotatable bonds is 4. The number of amides is 2. The predicted molar refractivity (Wildman–Crippen MR) is 94.3 cm³/mol. The van der Waals surface area contributed by atoms with Gasteiger partial charge in [0, 0.05) is 20.0 Å². The lowest BCUT2D eigenvalue weighted by Gasteiger charge is -2.41. The Balaban J connectivity index is 1.63. The fourth-order valence-corrected chi connectivity index (χ4v) is 4.31. The number of nitrogens with zero attached hydrogens (tertiary/aromatic N) is 1. The van der Waals surface area contributed by atoms with Crippen LogP contribution in [0.4, 0.5) is 0 Å². The Hall–Kier alpha value is -1.84. The normalized spacial score (nSPS) is 24.8. The fourth-order valence-electron chi connectivity index (χ4n) is 4.31. The third-order valence-corrected chi connectivity index (χ3v) is 5.60. The molecular weight excluding hydrogens is 300 g/mol. The van der Waals surface area contributed by atoms with Crippen molar-refractivity contribution in [3.8, 4) is 0 Å². The second-order valence-corrected chi connectivity index (χ2v) is 7.30.